The van der Waals surface area contributed by atoms with E-state index in [1.807, 2.05) is 43.3 Å². The highest BCUT2D eigenvalue weighted by atomic mass is 32.2. The fourth-order valence-electron chi connectivity index (χ4n) is 1.63. The molecule has 0 fully saturated rings. The van der Waals surface area contributed by atoms with Gasteiger partial charge in [0.25, 0.3) is 0 Å². The lowest BCUT2D eigenvalue weighted by molar-refractivity contribution is -0.113. The average Bonchev–Trinajstić information content (AvgIpc) is 2.48. The number of aldehydes is 1. The van der Waals surface area contributed by atoms with Gasteiger partial charge in [-0.25, -0.2) is 0 Å². The number of hydrogen-bond acceptors (Lipinski definition) is 3. The molecule has 0 aromatic heterocycles. The minimum Gasteiger partial charge on any atom is -0.325 e. The van der Waals surface area contributed by atoms with Gasteiger partial charge in [-0.05, 0) is 31.2 Å². The summed E-state index contributed by atoms with van der Waals surface area (Å²) in [6.07, 6.45) is 0.804. The summed E-state index contributed by atoms with van der Waals surface area (Å²) >= 11 is 1.44. The zero-order chi connectivity index (χ0) is 14.4. The highest BCUT2D eigenvalue weighted by Crippen LogP contribution is 2.18. The van der Waals surface area contributed by atoms with Gasteiger partial charge in [0.1, 0.15) is 6.29 Å². The van der Waals surface area contributed by atoms with E-state index in [4.69, 9.17) is 0 Å². The van der Waals surface area contributed by atoms with Gasteiger partial charge in [-0.1, -0.05) is 29.8 Å². The fourth-order valence-corrected chi connectivity index (χ4v) is 2.32. The second-order valence-electron chi connectivity index (χ2n) is 4.39. The van der Waals surface area contributed by atoms with Gasteiger partial charge in [-0.3, -0.25) is 9.59 Å². The first-order valence-corrected chi connectivity index (χ1v) is 7.20. The smallest absolute Gasteiger partial charge is 0.234 e. The zero-order valence-corrected chi connectivity index (χ0v) is 11.9. The number of nitrogens with one attached hydrogen (secondary N) is 1. The first kappa shape index (κ1) is 14.3. The van der Waals surface area contributed by atoms with Crippen LogP contribution < -0.4 is 5.32 Å². The quantitative estimate of drug-likeness (QED) is 0.675. The third-order valence-electron chi connectivity index (χ3n) is 2.72. The van der Waals surface area contributed by atoms with E-state index in [0.717, 1.165) is 22.4 Å². The van der Waals surface area contributed by atoms with Gasteiger partial charge in [-0.15, -0.1) is 11.8 Å². The first-order valence-electron chi connectivity index (χ1n) is 6.22. The van der Waals surface area contributed by atoms with Gasteiger partial charge in [0.15, 0.2) is 0 Å². The van der Waals surface area contributed by atoms with E-state index in [9.17, 15) is 9.59 Å². The highest BCUT2D eigenvalue weighted by Gasteiger charge is 2.03. The van der Waals surface area contributed by atoms with Crippen molar-refractivity contribution < 1.29 is 9.59 Å². The van der Waals surface area contributed by atoms with Crippen LogP contribution in [0.15, 0.2) is 53.4 Å². The number of benzene rings is 2. The Morgan fingerprint density at radius 3 is 2.35 bits per heavy atom. The Morgan fingerprint density at radius 1 is 1.10 bits per heavy atom. The van der Waals surface area contributed by atoms with E-state index < -0.39 is 0 Å². The summed E-state index contributed by atoms with van der Waals surface area (Å²) in [5.41, 5.74) is 2.60. The Hall–Kier alpha value is -2.07. The van der Waals surface area contributed by atoms with Crippen LogP contribution in [-0.4, -0.2) is 17.9 Å². The van der Waals surface area contributed by atoms with Crippen LogP contribution in [0.25, 0.3) is 0 Å². The molecule has 1 N–H and O–H groups in total. The van der Waals surface area contributed by atoms with Gasteiger partial charge in [0.2, 0.25) is 5.91 Å². The third-order valence-corrected chi connectivity index (χ3v) is 3.73. The number of thioether (sulfide) groups is 1. The standard InChI is InChI=1S/C16H15NO2S/c1-12-2-6-14(7-3-12)17-16(19)11-20-15-8-4-13(10-18)5-9-15/h2-10H,11H2,1H3,(H,17,19). The summed E-state index contributed by atoms with van der Waals surface area (Å²) in [7, 11) is 0. The minimum absolute atomic E-state index is 0.0432. The monoisotopic (exact) mass is 285 g/mol. The molecule has 2 aromatic carbocycles. The molecule has 0 spiro atoms. The van der Waals surface area contributed by atoms with Crippen molar-refractivity contribution in [3.05, 3.63) is 59.7 Å². The lowest BCUT2D eigenvalue weighted by atomic mass is 10.2. The third kappa shape index (κ3) is 4.24. The van der Waals surface area contributed by atoms with Crippen molar-refractivity contribution in [1.82, 2.24) is 0 Å². The molecule has 2 rings (SSSR count). The topological polar surface area (TPSA) is 46.2 Å². The Balaban J connectivity index is 1.85. The second-order valence-corrected chi connectivity index (χ2v) is 5.44. The molecule has 0 radical (unpaired) electrons. The molecule has 102 valence electrons. The fraction of sp³-hybridized carbons (Fsp3) is 0.125. The van der Waals surface area contributed by atoms with Gasteiger partial charge in [0, 0.05) is 16.1 Å². The van der Waals surface area contributed by atoms with Gasteiger partial charge in [-0.2, -0.15) is 0 Å². The van der Waals surface area contributed by atoms with E-state index in [1.165, 1.54) is 11.8 Å². The number of anilines is 1. The van der Waals surface area contributed by atoms with Crippen molar-refractivity contribution in [3.8, 4) is 0 Å². The van der Waals surface area contributed by atoms with E-state index >= 15 is 0 Å². The Morgan fingerprint density at radius 2 is 1.75 bits per heavy atom. The van der Waals surface area contributed by atoms with Crippen molar-refractivity contribution in [1.29, 1.82) is 0 Å². The van der Waals surface area contributed by atoms with Gasteiger partial charge < -0.3 is 5.32 Å². The molecule has 0 bridgehead atoms. The number of amides is 1. The molecule has 2 aromatic rings. The summed E-state index contributed by atoms with van der Waals surface area (Å²) < 4.78 is 0. The maximum atomic E-state index is 11.8. The molecule has 0 aliphatic heterocycles. The summed E-state index contributed by atoms with van der Waals surface area (Å²) in [4.78, 5) is 23.3. The van der Waals surface area contributed by atoms with Crippen LogP contribution in [0.5, 0.6) is 0 Å². The van der Waals surface area contributed by atoms with Crippen LogP contribution in [0.4, 0.5) is 5.69 Å². The molecule has 0 saturated heterocycles. The zero-order valence-electron chi connectivity index (χ0n) is 11.1. The molecular formula is C16H15NO2S. The van der Waals surface area contributed by atoms with Crippen LogP contribution >= 0.6 is 11.8 Å². The molecule has 0 unspecified atom stereocenters. The van der Waals surface area contributed by atoms with Crippen LogP contribution in [0.1, 0.15) is 15.9 Å². The minimum atomic E-state index is -0.0432. The number of hydrogen-bond donors (Lipinski definition) is 1. The van der Waals surface area contributed by atoms with E-state index in [2.05, 4.69) is 5.32 Å². The summed E-state index contributed by atoms with van der Waals surface area (Å²) in [5, 5.41) is 2.85. The summed E-state index contributed by atoms with van der Waals surface area (Å²) in [6.45, 7) is 2.00. The van der Waals surface area contributed by atoms with Crippen LogP contribution in [0, 0.1) is 6.92 Å². The predicted octanol–water partition coefficient (Wildman–Crippen LogP) is 3.54. The van der Waals surface area contributed by atoms with E-state index in [1.54, 1.807) is 12.1 Å². The highest BCUT2D eigenvalue weighted by molar-refractivity contribution is 8.00. The molecule has 3 nitrogen and oxygen atoms in total. The number of aryl methyl sites for hydroxylation is 1. The van der Waals surface area contributed by atoms with Crippen molar-refractivity contribution in [2.75, 3.05) is 11.1 Å². The van der Waals surface area contributed by atoms with E-state index in [0.29, 0.717) is 11.3 Å². The van der Waals surface area contributed by atoms with E-state index in [-0.39, 0.29) is 5.91 Å². The molecule has 0 atom stereocenters. The number of carbonyl (C=O) groups excluding carboxylic acids is 2. The Bertz CT molecular complexity index is 591. The molecule has 0 saturated carbocycles. The lowest BCUT2D eigenvalue weighted by Crippen LogP contribution is -2.13. The molecule has 1 amide bonds. The maximum absolute atomic E-state index is 11.8. The van der Waals surface area contributed by atoms with Crippen molar-refractivity contribution >= 4 is 29.6 Å². The average molecular weight is 285 g/mol. The first-order chi connectivity index (χ1) is 9.67. The molecule has 0 aliphatic rings. The molecule has 0 heterocycles. The molecule has 4 heteroatoms. The van der Waals surface area contributed by atoms with Crippen LogP contribution in [0.3, 0.4) is 0 Å². The normalized spacial score (nSPS) is 10.1. The Labute approximate surface area is 122 Å². The van der Waals surface area contributed by atoms with Crippen molar-refractivity contribution in [2.24, 2.45) is 0 Å². The SMILES string of the molecule is Cc1ccc(NC(=O)CSc2ccc(C=O)cc2)cc1. The van der Waals surface area contributed by atoms with Crippen LogP contribution in [0.2, 0.25) is 0 Å². The summed E-state index contributed by atoms with van der Waals surface area (Å²) in [5.74, 6) is 0.298. The molecule has 0 aliphatic carbocycles. The maximum Gasteiger partial charge on any atom is 0.234 e. The van der Waals surface area contributed by atoms with Crippen molar-refractivity contribution in [3.63, 3.8) is 0 Å². The predicted molar refractivity (Wildman–Crippen MR) is 82.4 cm³/mol. The van der Waals surface area contributed by atoms with Gasteiger partial charge in [0.05, 0.1) is 5.75 Å². The molecular weight excluding hydrogens is 270 g/mol. The lowest BCUT2D eigenvalue weighted by Gasteiger charge is -2.05. The largest absolute Gasteiger partial charge is 0.325 e. The molecule has 20 heavy (non-hydrogen) atoms. The summed E-state index contributed by atoms with van der Waals surface area (Å²) in [6, 6.07) is 14.9. The van der Waals surface area contributed by atoms with Crippen LogP contribution in [-0.2, 0) is 4.79 Å². The second kappa shape index (κ2) is 6.91. The Kier molecular flexibility index (Phi) is 4.96. The van der Waals surface area contributed by atoms with Crippen molar-refractivity contribution in [2.45, 2.75) is 11.8 Å². The van der Waals surface area contributed by atoms with Gasteiger partial charge >= 0.3 is 0 Å². The number of carbonyl (C=O) groups is 2. The number of rotatable bonds is 5.